The van der Waals surface area contributed by atoms with Gasteiger partial charge in [0, 0.05) is 0 Å². The zero-order chi connectivity index (χ0) is 9.68. The Morgan fingerprint density at radius 1 is 1.54 bits per heavy atom. The topological polar surface area (TPSA) is 29.4 Å². The van der Waals surface area contributed by atoms with E-state index in [0.29, 0.717) is 18.5 Å². The Labute approximate surface area is 76.1 Å². The average molecular weight is 179 g/mol. The lowest BCUT2D eigenvalue weighted by Crippen LogP contribution is -1.91. The molecule has 0 atom stereocenters. The van der Waals surface area contributed by atoms with E-state index in [-0.39, 0.29) is 5.82 Å². The van der Waals surface area contributed by atoms with Crippen molar-refractivity contribution in [2.75, 3.05) is 6.54 Å². The van der Waals surface area contributed by atoms with Gasteiger partial charge in [-0.25, -0.2) is 14.2 Å². The summed E-state index contributed by atoms with van der Waals surface area (Å²) in [6.07, 6.45) is 2.11. The molecule has 0 aromatic heterocycles. The van der Waals surface area contributed by atoms with Gasteiger partial charge in [-0.15, -0.1) is 0 Å². The second kappa shape index (κ2) is 4.53. The minimum atomic E-state index is -0.206. The van der Waals surface area contributed by atoms with Gasteiger partial charge in [0.25, 0.3) is 0 Å². The lowest BCUT2D eigenvalue weighted by molar-refractivity contribution is 0.563. The van der Waals surface area contributed by atoms with Gasteiger partial charge in [-0.1, -0.05) is 12.1 Å². The number of hydrogen-bond acceptors (Lipinski definition) is 2. The van der Waals surface area contributed by atoms with Gasteiger partial charge < -0.3 is 0 Å². The molecular formula is C10H10FNO. The molecule has 1 aromatic carbocycles. The van der Waals surface area contributed by atoms with Crippen LogP contribution in [0.2, 0.25) is 0 Å². The largest absolute Gasteiger partial charge is 0.234 e. The molecule has 0 fully saturated rings. The molecule has 0 bridgehead atoms. The maximum absolute atomic E-state index is 12.8. The smallest absolute Gasteiger partial charge is 0.211 e. The molecule has 13 heavy (non-hydrogen) atoms. The van der Waals surface area contributed by atoms with Crippen molar-refractivity contribution in [3.8, 4) is 0 Å². The first-order chi connectivity index (χ1) is 6.24. The van der Waals surface area contributed by atoms with Crippen molar-refractivity contribution in [3.63, 3.8) is 0 Å². The van der Waals surface area contributed by atoms with E-state index in [4.69, 9.17) is 0 Å². The molecule has 0 spiro atoms. The standard InChI is InChI=1S/C10H10FNO/c1-8-6-9(2-3-10(8)11)4-5-12-7-13/h2-3,6H,4-5H2,1H3. The molecule has 0 aliphatic heterocycles. The second-order valence-electron chi connectivity index (χ2n) is 2.81. The second-order valence-corrected chi connectivity index (χ2v) is 2.81. The Morgan fingerprint density at radius 3 is 2.92 bits per heavy atom. The Morgan fingerprint density at radius 2 is 2.31 bits per heavy atom. The third kappa shape index (κ3) is 2.80. The fourth-order valence-electron chi connectivity index (χ4n) is 1.09. The highest BCUT2D eigenvalue weighted by Crippen LogP contribution is 2.09. The van der Waals surface area contributed by atoms with Crippen molar-refractivity contribution in [3.05, 3.63) is 35.1 Å². The molecule has 1 rings (SSSR count). The zero-order valence-corrected chi connectivity index (χ0v) is 7.38. The third-order valence-electron chi connectivity index (χ3n) is 1.80. The summed E-state index contributed by atoms with van der Waals surface area (Å²) in [4.78, 5) is 13.2. The zero-order valence-electron chi connectivity index (χ0n) is 7.38. The number of hydrogen-bond donors (Lipinski definition) is 0. The highest BCUT2D eigenvalue weighted by atomic mass is 19.1. The molecule has 2 nitrogen and oxygen atoms in total. The van der Waals surface area contributed by atoms with Gasteiger partial charge in [0.2, 0.25) is 6.08 Å². The van der Waals surface area contributed by atoms with Crippen molar-refractivity contribution in [2.45, 2.75) is 13.3 Å². The van der Waals surface area contributed by atoms with Crippen LogP contribution >= 0.6 is 0 Å². The molecule has 0 aliphatic carbocycles. The number of aryl methyl sites for hydroxylation is 1. The fraction of sp³-hybridized carbons (Fsp3) is 0.300. The third-order valence-corrected chi connectivity index (χ3v) is 1.80. The highest BCUT2D eigenvalue weighted by molar-refractivity contribution is 5.33. The van der Waals surface area contributed by atoms with Crippen molar-refractivity contribution in [1.82, 2.24) is 0 Å². The molecule has 0 heterocycles. The number of aliphatic imine (C=N–C) groups is 1. The Bertz CT molecular complexity index is 343. The first-order valence-corrected chi connectivity index (χ1v) is 4.02. The SMILES string of the molecule is Cc1cc(CCN=C=O)ccc1F. The minimum Gasteiger partial charge on any atom is -0.211 e. The molecule has 0 unspecified atom stereocenters. The summed E-state index contributed by atoms with van der Waals surface area (Å²) >= 11 is 0. The normalized spacial score (nSPS) is 9.38. The molecule has 0 aliphatic rings. The Hall–Kier alpha value is -1.47. The van der Waals surface area contributed by atoms with Crippen LogP contribution in [0.3, 0.4) is 0 Å². The number of nitrogens with zero attached hydrogens (tertiary/aromatic N) is 1. The molecule has 3 heteroatoms. The predicted octanol–water partition coefficient (Wildman–Crippen LogP) is 2.01. The van der Waals surface area contributed by atoms with Crippen LogP contribution in [-0.2, 0) is 11.2 Å². The molecule has 68 valence electrons. The summed E-state index contributed by atoms with van der Waals surface area (Å²) in [5, 5.41) is 0. The van der Waals surface area contributed by atoms with Gasteiger partial charge >= 0.3 is 0 Å². The monoisotopic (exact) mass is 179 g/mol. The van der Waals surface area contributed by atoms with Gasteiger partial charge in [-0.2, -0.15) is 0 Å². The van der Waals surface area contributed by atoms with Crippen LogP contribution in [0, 0.1) is 12.7 Å². The van der Waals surface area contributed by atoms with Crippen LogP contribution < -0.4 is 0 Å². The lowest BCUT2D eigenvalue weighted by atomic mass is 10.1. The van der Waals surface area contributed by atoms with Gasteiger partial charge in [-0.05, 0) is 30.5 Å². The molecular weight excluding hydrogens is 169 g/mol. The van der Waals surface area contributed by atoms with E-state index in [1.165, 1.54) is 12.1 Å². The first kappa shape index (κ1) is 9.62. The van der Waals surface area contributed by atoms with E-state index >= 15 is 0 Å². The van der Waals surface area contributed by atoms with E-state index in [1.807, 2.05) is 0 Å². The highest BCUT2D eigenvalue weighted by Gasteiger charge is 1.97. The summed E-state index contributed by atoms with van der Waals surface area (Å²) in [5.74, 6) is -0.206. The molecule has 0 saturated heterocycles. The quantitative estimate of drug-likeness (QED) is 0.515. The summed E-state index contributed by atoms with van der Waals surface area (Å²) < 4.78 is 12.8. The van der Waals surface area contributed by atoms with Gasteiger partial charge in [0.05, 0.1) is 6.54 Å². The maximum Gasteiger partial charge on any atom is 0.234 e. The Kier molecular flexibility index (Phi) is 3.35. The van der Waals surface area contributed by atoms with Gasteiger partial charge in [0.1, 0.15) is 5.82 Å². The predicted molar refractivity (Wildman–Crippen MR) is 47.8 cm³/mol. The lowest BCUT2D eigenvalue weighted by Gasteiger charge is -2.00. The van der Waals surface area contributed by atoms with Crippen molar-refractivity contribution in [1.29, 1.82) is 0 Å². The molecule has 0 amide bonds. The fourth-order valence-corrected chi connectivity index (χ4v) is 1.09. The van der Waals surface area contributed by atoms with E-state index in [1.54, 1.807) is 19.1 Å². The van der Waals surface area contributed by atoms with Crippen LogP contribution in [0.5, 0.6) is 0 Å². The van der Waals surface area contributed by atoms with Gasteiger partial charge in [-0.3, -0.25) is 0 Å². The summed E-state index contributed by atoms with van der Waals surface area (Å²) in [7, 11) is 0. The van der Waals surface area contributed by atoms with E-state index in [2.05, 4.69) is 4.99 Å². The summed E-state index contributed by atoms with van der Waals surface area (Å²) in [5.41, 5.74) is 1.60. The van der Waals surface area contributed by atoms with Crippen molar-refractivity contribution in [2.24, 2.45) is 4.99 Å². The summed E-state index contributed by atoms with van der Waals surface area (Å²) in [6.45, 7) is 2.12. The average Bonchev–Trinajstić information content (AvgIpc) is 2.12. The maximum atomic E-state index is 12.8. The summed E-state index contributed by atoms with van der Waals surface area (Å²) in [6, 6.07) is 4.88. The molecule has 0 N–H and O–H groups in total. The van der Waals surface area contributed by atoms with Crippen molar-refractivity contribution < 1.29 is 9.18 Å². The first-order valence-electron chi connectivity index (χ1n) is 4.02. The molecule has 1 aromatic rings. The van der Waals surface area contributed by atoms with Crippen LogP contribution in [0.4, 0.5) is 4.39 Å². The van der Waals surface area contributed by atoms with Crippen LogP contribution in [-0.4, -0.2) is 12.6 Å². The van der Waals surface area contributed by atoms with Crippen LogP contribution in [0.25, 0.3) is 0 Å². The van der Waals surface area contributed by atoms with E-state index in [9.17, 15) is 9.18 Å². The number of benzene rings is 1. The number of rotatable bonds is 3. The minimum absolute atomic E-state index is 0.206. The Balaban J connectivity index is 2.68. The van der Waals surface area contributed by atoms with E-state index < -0.39 is 0 Å². The van der Waals surface area contributed by atoms with Crippen LogP contribution in [0.15, 0.2) is 23.2 Å². The molecule has 0 saturated carbocycles. The number of halogens is 1. The van der Waals surface area contributed by atoms with Crippen LogP contribution in [0.1, 0.15) is 11.1 Å². The van der Waals surface area contributed by atoms with Crippen molar-refractivity contribution >= 4 is 6.08 Å². The number of carbonyl (C=O) groups excluding carboxylic acids is 1. The van der Waals surface area contributed by atoms with E-state index in [0.717, 1.165) is 5.56 Å². The van der Waals surface area contributed by atoms with Gasteiger partial charge in [0.15, 0.2) is 0 Å². The number of isocyanates is 1. The molecule has 0 radical (unpaired) electrons.